The first-order chi connectivity index (χ1) is 11.7. The lowest BCUT2D eigenvalue weighted by molar-refractivity contribution is -0.156. The Bertz CT molecular complexity index is 580. The fourth-order valence-corrected chi connectivity index (χ4v) is 2.27. The molecule has 0 amide bonds. The monoisotopic (exact) mass is 334 g/mol. The number of hydrogen-bond donors (Lipinski definition) is 1. The molecule has 0 saturated carbocycles. The molecule has 0 saturated heterocycles. The molecule has 1 aliphatic heterocycles. The smallest absolute Gasteiger partial charge is 0.324 e. The topological polar surface area (TPSA) is 86.2 Å². The number of hydrogen-bond acceptors (Lipinski definition) is 7. The molecule has 2 rings (SSSR count). The highest BCUT2D eigenvalue weighted by Crippen LogP contribution is 2.22. The molecule has 1 aromatic carbocycles. The first kappa shape index (κ1) is 17.8. The second-order valence-corrected chi connectivity index (χ2v) is 5.05. The zero-order valence-electron chi connectivity index (χ0n) is 13.9. The van der Waals surface area contributed by atoms with Crippen molar-refractivity contribution in [2.24, 2.45) is 4.99 Å². The number of carbonyl (C=O) groups is 2. The van der Waals surface area contributed by atoms with Crippen LogP contribution in [0.5, 0.6) is 5.75 Å². The maximum absolute atomic E-state index is 12.1. The third-order valence-electron chi connectivity index (χ3n) is 3.38. The first-order valence-corrected chi connectivity index (χ1v) is 7.99. The van der Waals surface area contributed by atoms with Gasteiger partial charge in [-0.25, -0.2) is 0 Å². The molecule has 1 heterocycles. The van der Waals surface area contributed by atoms with E-state index in [1.165, 1.54) is 0 Å². The fourth-order valence-electron chi connectivity index (χ4n) is 2.27. The Morgan fingerprint density at radius 2 is 1.75 bits per heavy atom. The number of carbonyl (C=O) groups excluding carboxylic acids is 2. The molecular weight excluding hydrogens is 312 g/mol. The summed E-state index contributed by atoms with van der Waals surface area (Å²) in [6.45, 7) is 5.74. The SMILES string of the molecule is CCOC(=O)C(C(=O)OCC)c1ccc(OCC2=NCCN2)cc1. The number of aliphatic imine (C=N–C) groups is 1. The Morgan fingerprint density at radius 3 is 2.25 bits per heavy atom. The van der Waals surface area contributed by atoms with Crippen LogP contribution in [0.1, 0.15) is 25.3 Å². The summed E-state index contributed by atoms with van der Waals surface area (Å²) in [6, 6.07) is 6.74. The van der Waals surface area contributed by atoms with Crippen LogP contribution in [0.4, 0.5) is 0 Å². The van der Waals surface area contributed by atoms with Crippen molar-refractivity contribution >= 4 is 17.8 Å². The van der Waals surface area contributed by atoms with Crippen LogP contribution in [-0.4, -0.2) is 50.7 Å². The van der Waals surface area contributed by atoms with E-state index < -0.39 is 17.9 Å². The van der Waals surface area contributed by atoms with E-state index >= 15 is 0 Å². The van der Waals surface area contributed by atoms with Gasteiger partial charge in [-0.3, -0.25) is 14.6 Å². The van der Waals surface area contributed by atoms with E-state index in [1.54, 1.807) is 38.1 Å². The normalized spacial score (nSPS) is 13.2. The molecule has 0 fully saturated rings. The van der Waals surface area contributed by atoms with Crippen molar-refractivity contribution in [1.82, 2.24) is 5.32 Å². The van der Waals surface area contributed by atoms with Crippen molar-refractivity contribution in [3.05, 3.63) is 29.8 Å². The van der Waals surface area contributed by atoms with E-state index in [1.807, 2.05) is 0 Å². The second-order valence-electron chi connectivity index (χ2n) is 5.05. The second kappa shape index (κ2) is 8.90. The summed E-state index contributed by atoms with van der Waals surface area (Å²) < 4.78 is 15.6. The molecule has 0 radical (unpaired) electrons. The minimum Gasteiger partial charge on any atom is -0.486 e. The van der Waals surface area contributed by atoms with Crippen LogP contribution in [0.25, 0.3) is 0 Å². The molecule has 0 bridgehead atoms. The molecule has 0 aromatic heterocycles. The van der Waals surface area contributed by atoms with Gasteiger partial charge in [0, 0.05) is 6.54 Å². The molecule has 0 atom stereocenters. The Labute approximate surface area is 141 Å². The quantitative estimate of drug-likeness (QED) is 0.569. The van der Waals surface area contributed by atoms with Crippen molar-refractivity contribution in [3.63, 3.8) is 0 Å². The van der Waals surface area contributed by atoms with Gasteiger partial charge < -0.3 is 19.5 Å². The number of esters is 2. The minimum absolute atomic E-state index is 0.199. The van der Waals surface area contributed by atoms with Gasteiger partial charge in [0.05, 0.1) is 19.8 Å². The summed E-state index contributed by atoms with van der Waals surface area (Å²) in [5.74, 6) is -0.875. The van der Waals surface area contributed by atoms with Gasteiger partial charge >= 0.3 is 11.9 Å². The van der Waals surface area contributed by atoms with Crippen LogP contribution in [0, 0.1) is 0 Å². The minimum atomic E-state index is -1.08. The fraction of sp³-hybridized carbons (Fsp3) is 0.471. The van der Waals surface area contributed by atoms with Gasteiger partial charge in [0.25, 0.3) is 0 Å². The molecule has 130 valence electrons. The molecule has 0 unspecified atom stereocenters. The van der Waals surface area contributed by atoms with Crippen LogP contribution >= 0.6 is 0 Å². The van der Waals surface area contributed by atoms with Crippen molar-refractivity contribution in [3.8, 4) is 5.75 Å². The summed E-state index contributed by atoms with van der Waals surface area (Å²) in [4.78, 5) is 28.4. The standard InChI is InChI=1S/C17H22N2O5/c1-3-22-16(20)15(17(21)23-4-2)12-5-7-13(8-6-12)24-11-14-18-9-10-19-14/h5-8,15H,3-4,9-11H2,1-2H3,(H,18,19). The molecule has 0 spiro atoms. The number of nitrogens with zero attached hydrogens (tertiary/aromatic N) is 1. The summed E-state index contributed by atoms with van der Waals surface area (Å²) in [6.07, 6.45) is 0. The van der Waals surface area contributed by atoms with Gasteiger partial charge in [-0.15, -0.1) is 0 Å². The predicted octanol–water partition coefficient (Wildman–Crippen LogP) is 1.28. The van der Waals surface area contributed by atoms with Gasteiger partial charge in [0.2, 0.25) is 0 Å². The lowest BCUT2D eigenvalue weighted by atomic mass is 9.99. The average molecular weight is 334 g/mol. The number of benzene rings is 1. The van der Waals surface area contributed by atoms with Gasteiger partial charge in [0.15, 0.2) is 5.92 Å². The van der Waals surface area contributed by atoms with Gasteiger partial charge in [-0.1, -0.05) is 12.1 Å². The van der Waals surface area contributed by atoms with Crippen molar-refractivity contribution < 1.29 is 23.8 Å². The molecule has 1 aromatic rings. The molecule has 7 heteroatoms. The molecule has 1 N–H and O–H groups in total. The summed E-state index contributed by atoms with van der Waals surface area (Å²) in [5.41, 5.74) is 0.510. The third kappa shape index (κ3) is 4.71. The zero-order valence-corrected chi connectivity index (χ0v) is 13.9. The zero-order chi connectivity index (χ0) is 17.4. The van der Waals surface area contributed by atoms with Crippen LogP contribution in [0.2, 0.25) is 0 Å². The number of rotatable bonds is 8. The van der Waals surface area contributed by atoms with E-state index in [0.717, 1.165) is 18.9 Å². The molecular formula is C17H22N2O5. The van der Waals surface area contributed by atoms with Gasteiger partial charge in [0.1, 0.15) is 18.2 Å². The number of ether oxygens (including phenoxy) is 3. The first-order valence-electron chi connectivity index (χ1n) is 7.99. The maximum atomic E-state index is 12.1. The maximum Gasteiger partial charge on any atom is 0.324 e. The largest absolute Gasteiger partial charge is 0.486 e. The lowest BCUT2D eigenvalue weighted by Gasteiger charge is -2.15. The van der Waals surface area contributed by atoms with Crippen LogP contribution < -0.4 is 10.1 Å². The average Bonchev–Trinajstić information content (AvgIpc) is 3.08. The van der Waals surface area contributed by atoms with Gasteiger partial charge in [-0.2, -0.15) is 0 Å². The molecule has 24 heavy (non-hydrogen) atoms. The van der Waals surface area contributed by atoms with Crippen LogP contribution in [0.15, 0.2) is 29.3 Å². The molecule has 1 aliphatic rings. The lowest BCUT2D eigenvalue weighted by Crippen LogP contribution is -2.26. The highest BCUT2D eigenvalue weighted by molar-refractivity contribution is 6.00. The van der Waals surface area contributed by atoms with Gasteiger partial charge in [-0.05, 0) is 31.5 Å². The Balaban J connectivity index is 2.06. The van der Waals surface area contributed by atoms with E-state index in [2.05, 4.69) is 10.3 Å². The number of amidine groups is 1. The predicted molar refractivity (Wildman–Crippen MR) is 88.2 cm³/mol. The van der Waals surface area contributed by atoms with E-state index in [4.69, 9.17) is 14.2 Å². The highest BCUT2D eigenvalue weighted by Gasteiger charge is 2.31. The Morgan fingerprint density at radius 1 is 1.12 bits per heavy atom. The van der Waals surface area contributed by atoms with E-state index in [-0.39, 0.29) is 13.2 Å². The number of nitrogens with one attached hydrogen (secondary N) is 1. The summed E-state index contributed by atoms with van der Waals surface area (Å²) in [7, 11) is 0. The Kier molecular flexibility index (Phi) is 6.60. The molecule has 0 aliphatic carbocycles. The summed E-state index contributed by atoms with van der Waals surface area (Å²) in [5, 5.41) is 3.12. The Hall–Kier alpha value is -2.57. The highest BCUT2D eigenvalue weighted by atomic mass is 16.6. The van der Waals surface area contributed by atoms with Crippen molar-refractivity contribution in [1.29, 1.82) is 0 Å². The van der Waals surface area contributed by atoms with Crippen molar-refractivity contribution in [2.75, 3.05) is 32.9 Å². The molecule has 7 nitrogen and oxygen atoms in total. The van der Waals surface area contributed by atoms with E-state index in [9.17, 15) is 9.59 Å². The van der Waals surface area contributed by atoms with E-state index in [0.29, 0.717) is 17.9 Å². The van der Waals surface area contributed by atoms with Crippen LogP contribution in [0.3, 0.4) is 0 Å². The van der Waals surface area contributed by atoms with Crippen molar-refractivity contribution in [2.45, 2.75) is 19.8 Å². The third-order valence-corrected chi connectivity index (χ3v) is 3.38. The van der Waals surface area contributed by atoms with Crippen LogP contribution in [-0.2, 0) is 19.1 Å². The summed E-state index contributed by atoms with van der Waals surface area (Å²) >= 11 is 0.